The van der Waals surface area contributed by atoms with Crippen LogP contribution >= 0.6 is 11.6 Å². The van der Waals surface area contributed by atoms with Crippen LogP contribution in [-0.4, -0.2) is 17.8 Å². The van der Waals surface area contributed by atoms with Crippen LogP contribution in [0.25, 0.3) is 0 Å². The minimum absolute atomic E-state index is 0.113. The minimum Gasteiger partial charge on any atom is -0.393 e. The summed E-state index contributed by atoms with van der Waals surface area (Å²) in [6.45, 7) is 0.549. The fourth-order valence-corrected chi connectivity index (χ4v) is 2.87. The van der Waals surface area contributed by atoms with E-state index >= 15 is 0 Å². The van der Waals surface area contributed by atoms with Crippen LogP contribution in [0, 0.1) is 0 Å². The van der Waals surface area contributed by atoms with Crippen LogP contribution in [0.3, 0.4) is 0 Å². The molecule has 1 aliphatic carbocycles. The molecule has 0 bridgehead atoms. The Balaban J connectivity index is 2.39. The summed E-state index contributed by atoms with van der Waals surface area (Å²) < 4.78 is 0. The van der Waals surface area contributed by atoms with Crippen molar-refractivity contribution in [3.8, 4) is 0 Å². The third-order valence-corrected chi connectivity index (χ3v) is 3.75. The van der Waals surface area contributed by atoms with Crippen molar-refractivity contribution in [2.75, 3.05) is 6.54 Å². The van der Waals surface area contributed by atoms with Crippen molar-refractivity contribution < 1.29 is 5.11 Å². The van der Waals surface area contributed by atoms with E-state index in [4.69, 9.17) is 17.3 Å². The first-order valence-electron chi connectivity index (χ1n) is 5.31. The van der Waals surface area contributed by atoms with Crippen LogP contribution in [0.5, 0.6) is 0 Å². The largest absolute Gasteiger partial charge is 0.393 e. The molecular weight excluding hydrogens is 210 g/mol. The maximum absolute atomic E-state index is 9.65. The van der Waals surface area contributed by atoms with E-state index in [1.165, 1.54) is 0 Å². The van der Waals surface area contributed by atoms with Gasteiger partial charge in [-0.3, -0.25) is 0 Å². The predicted octanol–water partition coefficient (Wildman–Crippen LogP) is 2.08. The average Bonchev–Trinajstić information content (AvgIpc) is 2.62. The van der Waals surface area contributed by atoms with Gasteiger partial charge in [-0.1, -0.05) is 29.8 Å². The highest BCUT2D eigenvalue weighted by molar-refractivity contribution is 6.31. The van der Waals surface area contributed by atoms with E-state index in [9.17, 15) is 5.11 Å². The number of rotatable bonds is 2. The molecule has 15 heavy (non-hydrogen) atoms. The van der Waals surface area contributed by atoms with E-state index in [2.05, 4.69) is 0 Å². The van der Waals surface area contributed by atoms with Crippen LogP contribution in [0.1, 0.15) is 24.8 Å². The van der Waals surface area contributed by atoms with E-state index < -0.39 is 0 Å². The monoisotopic (exact) mass is 225 g/mol. The molecule has 0 amide bonds. The van der Waals surface area contributed by atoms with Crippen molar-refractivity contribution >= 4 is 11.6 Å². The molecule has 3 N–H and O–H groups in total. The smallest absolute Gasteiger partial charge is 0.0549 e. The molecular formula is C12H16ClNO. The molecule has 1 fully saturated rings. The topological polar surface area (TPSA) is 46.2 Å². The molecule has 0 heterocycles. The zero-order chi connectivity index (χ0) is 10.9. The Morgan fingerprint density at radius 1 is 1.47 bits per heavy atom. The van der Waals surface area contributed by atoms with Gasteiger partial charge in [0.25, 0.3) is 0 Å². The normalized spacial score (nSPS) is 30.7. The van der Waals surface area contributed by atoms with Gasteiger partial charge in [0.2, 0.25) is 0 Å². The average molecular weight is 226 g/mol. The zero-order valence-corrected chi connectivity index (χ0v) is 9.37. The first-order valence-corrected chi connectivity index (χ1v) is 5.69. The first kappa shape index (κ1) is 10.9. The maximum atomic E-state index is 9.65. The number of halogens is 1. The molecule has 2 atom stereocenters. The number of aliphatic hydroxyl groups is 1. The van der Waals surface area contributed by atoms with Gasteiger partial charge >= 0.3 is 0 Å². The first-order chi connectivity index (χ1) is 7.18. The Labute approximate surface area is 95.1 Å². The van der Waals surface area contributed by atoms with Gasteiger partial charge in [-0.15, -0.1) is 0 Å². The minimum atomic E-state index is -0.232. The highest BCUT2D eigenvalue weighted by atomic mass is 35.5. The van der Waals surface area contributed by atoms with Crippen molar-refractivity contribution in [2.24, 2.45) is 5.73 Å². The van der Waals surface area contributed by atoms with Gasteiger partial charge in [0.15, 0.2) is 0 Å². The van der Waals surface area contributed by atoms with E-state index in [1.54, 1.807) is 0 Å². The van der Waals surface area contributed by atoms with Gasteiger partial charge in [0, 0.05) is 17.0 Å². The molecule has 3 heteroatoms. The lowest BCUT2D eigenvalue weighted by Gasteiger charge is -2.28. The summed E-state index contributed by atoms with van der Waals surface area (Å²) in [6, 6.07) is 7.80. The van der Waals surface area contributed by atoms with E-state index in [1.807, 2.05) is 24.3 Å². The van der Waals surface area contributed by atoms with Gasteiger partial charge in [-0.2, -0.15) is 0 Å². The van der Waals surface area contributed by atoms with Crippen molar-refractivity contribution in [1.29, 1.82) is 0 Å². The van der Waals surface area contributed by atoms with Gasteiger partial charge < -0.3 is 10.8 Å². The molecule has 0 radical (unpaired) electrons. The fourth-order valence-electron chi connectivity index (χ4n) is 2.53. The molecule has 1 aromatic rings. The summed E-state index contributed by atoms with van der Waals surface area (Å²) in [5, 5.41) is 10.4. The summed E-state index contributed by atoms with van der Waals surface area (Å²) in [7, 11) is 0. The Hall–Kier alpha value is -0.570. The molecule has 82 valence electrons. The van der Waals surface area contributed by atoms with Crippen LogP contribution in [0.4, 0.5) is 0 Å². The van der Waals surface area contributed by atoms with Crippen LogP contribution in [0.15, 0.2) is 24.3 Å². The Kier molecular flexibility index (Phi) is 3.01. The van der Waals surface area contributed by atoms with E-state index in [0.717, 1.165) is 29.8 Å². The van der Waals surface area contributed by atoms with Gasteiger partial charge in [-0.25, -0.2) is 0 Å². The van der Waals surface area contributed by atoms with Crippen molar-refractivity contribution in [1.82, 2.24) is 0 Å². The van der Waals surface area contributed by atoms with Crippen molar-refractivity contribution in [3.63, 3.8) is 0 Å². The number of aliphatic hydroxyl groups excluding tert-OH is 1. The second-order valence-electron chi connectivity index (χ2n) is 4.36. The quantitative estimate of drug-likeness (QED) is 0.810. The number of benzene rings is 1. The van der Waals surface area contributed by atoms with Crippen LogP contribution in [-0.2, 0) is 5.41 Å². The summed E-state index contributed by atoms with van der Waals surface area (Å²) in [5.41, 5.74) is 6.84. The van der Waals surface area contributed by atoms with Gasteiger partial charge in [0.1, 0.15) is 0 Å². The zero-order valence-electron chi connectivity index (χ0n) is 8.62. The molecule has 2 unspecified atom stereocenters. The lowest BCUT2D eigenvalue weighted by molar-refractivity contribution is 0.174. The maximum Gasteiger partial charge on any atom is 0.0549 e. The van der Waals surface area contributed by atoms with Gasteiger partial charge in [0.05, 0.1) is 6.10 Å². The second-order valence-corrected chi connectivity index (χ2v) is 4.77. The summed E-state index contributed by atoms with van der Waals surface area (Å²) >= 11 is 6.18. The number of hydrogen-bond acceptors (Lipinski definition) is 2. The predicted molar refractivity (Wildman–Crippen MR) is 62.0 cm³/mol. The second kappa shape index (κ2) is 4.12. The highest BCUT2D eigenvalue weighted by Crippen LogP contribution is 2.42. The van der Waals surface area contributed by atoms with E-state index in [-0.39, 0.29) is 11.5 Å². The Morgan fingerprint density at radius 3 is 2.73 bits per heavy atom. The molecule has 2 rings (SSSR count). The molecule has 0 spiro atoms. The van der Waals surface area contributed by atoms with Gasteiger partial charge in [-0.05, 0) is 30.9 Å². The summed E-state index contributed by atoms with van der Waals surface area (Å²) in [6.07, 6.45) is 2.24. The molecule has 0 saturated heterocycles. The molecule has 1 aromatic carbocycles. The lowest BCUT2D eigenvalue weighted by atomic mass is 9.79. The lowest BCUT2D eigenvalue weighted by Crippen LogP contribution is -2.33. The SMILES string of the molecule is NCC1(c2ccccc2Cl)CCC(O)C1. The molecule has 1 aliphatic rings. The molecule has 0 aliphatic heterocycles. The summed E-state index contributed by atoms with van der Waals surface area (Å²) in [5.74, 6) is 0. The highest BCUT2D eigenvalue weighted by Gasteiger charge is 2.39. The Bertz CT molecular complexity index is 355. The van der Waals surface area contributed by atoms with Crippen molar-refractivity contribution in [2.45, 2.75) is 30.8 Å². The standard InChI is InChI=1S/C12H16ClNO/c13-11-4-2-1-3-10(11)12(8-14)6-5-9(15)7-12/h1-4,9,15H,5-8,14H2. The van der Waals surface area contributed by atoms with Crippen LogP contribution in [0.2, 0.25) is 5.02 Å². The number of hydrogen-bond donors (Lipinski definition) is 2. The third-order valence-electron chi connectivity index (χ3n) is 3.42. The number of nitrogens with two attached hydrogens (primary N) is 1. The van der Waals surface area contributed by atoms with E-state index in [0.29, 0.717) is 6.54 Å². The Morgan fingerprint density at radius 2 is 2.20 bits per heavy atom. The molecule has 0 aromatic heterocycles. The molecule has 2 nitrogen and oxygen atoms in total. The third kappa shape index (κ3) is 1.89. The molecule has 1 saturated carbocycles. The van der Waals surface area contributed by atoms with Crippen LogP contribution < -0.4 is 5.73 Å². The fraction of sp³-hybridized carbons (Fsp3) is 0.500. The van der Waals surface area contributed by atoms with Crippen molar-refractivity contribution in [3.05, 3.63) is 34.9 Å². The summed E-state index contributed by atoms with van der Waals surface area (Å²) in [4.78, 5) is 0.